The Bertz CT molecular complexity index is 449. The van der Waals surface area contributed by atoms with Gasteiger partial charge < -0.3 is 20.5 Å². The van der Waals surface area contributed by atoms with Crippen LogP contribution in [0.3, 0.4) is 0 Å². The predicted molar refractivity (Wildman–Crippen MR) is 67.4 cm³/mol. The van der Waals surface area contributed by atoms with Gasteiger partial charge in [0.25, 0.3) is 0 Å². The average molecular weight is 301 g/mol. The molecule has 17 heavy (non-hydrogen) atoms. The molecular weight excluding hydrogens is 288 g/mol. The quantitative estimate of drug-likeness (QED) is 0.868. The van der Waals surface area contributed by atoms with Gasteiger partial charge in [0.05, 0.1) is 11.7 Å². The SMILES string of the molecule is CC(N)C(=O)Nc1cc2c(cc1Br)OCCO2. The third-order valence-electron chi connectivity index (χ3n) is 2.30. The third kappa shape index (κ3) is 2.70. The summed E-state index contributed by atoms with van der Waals surface area (Å²) in [5.41, 5.74) is 6.11. The smallest absolute Gasteiger partial charge is 0.241 e. The van der Waals surface area contributed by atoms with Crippen LogP contribution in [0.5, 0.6) is 11.5 Å². The van der Waals surface area contributed by atoms with E-state index in [1.807, 2.05) is 0 Å². The van der Waals surface area contributed by atoms with Crippen LogP contribution in [0, 0.1) is 0 Å². The zero-order valence-corrected chi connectivity index (χ0v) is 10.9. The number of nitrogens with two attached hydrogens (primary N) is 1. The van der Waals surface area contributed by atoms with Crippen molar-refractivity contribution in [3.05, 3.63) is 16.6 Å². The average Bonchev–Trinajstić information content (AvgIpc) is 2.29. The normalized spacial score (nSPS) is 15.2. The number of ether oxygens (including phenoxy) is 2. The fourth-order valence-electron chi connectivity index (χ4n) is 1.41. The lowest BCUT2D eigenvalue weighted by Crippen LogP contribution is -2.32. The number of carbonyl (C=O) groups is 1. The van der Waals surface area contributed by atoms with Gasteiger partial charge in [0.2, 0.25) is 5.91 Å². The number of hydrogen-bond acceptors (Lipinski definition) is 4. The number of nitrogens with one attached hydrogen (secondary N) is 1. The maximum atomic E-state index is 11.5. The molecule has 1 aromatic carbocycles. The number of amides is 1. The van der Waals surface area contributed by atoms with Crippen molar-refractivity contribution in [2.75, 3.05) is 18.5 Å². The molecule has 1 heterocycles. The zero-order valence-electron chi connectivity index (χ0n) is 9.33. The fourth-order valence-corrected chi connectivity index (χ4v) is 1.83. The summed E-state index contributed by atoms with van der Waals surface area (Å²) in [6.07, 6.45) is 0. The molecule has 0 aromatic heterocycles. The van der Waals surface area contributed by atoms with Crippen LogP contribution in [-0.2, 0) is 4.79 Å². The van der Waals surface area contributed by atoms with Crippen molar-refractivity contribution in [3.63, 3.8) is 0 Å². The molecule has 1 aliphatic rings. The fraction of sp³-hybridized carbons (Fsp3) is 0.364. The molecule has 1 aliphatic heterocycles. The molecule has 1 amide bonds. The summed E-state index contributed by atoms with van der Waals surface area (Å²) in [4.78, 5) is 11.5. The number of carbonyl (C=O) groups excluding carboxylic acids is 1. The molecule has 0 aliphatic carbocycles. The van der Waals surface area contributed by atoms with Crippen molar-refractivity contribution in [1.29, 1.82) is 0 Å². The molecular formula is C11H13BrN2O3. The van der Waals surface area contributed by atoms with Gasteiger partial charge in [-0.15, -0.1) is 0 Å². The van der Waals surface area contributed by atoms with E-state index in [0.29, 0.717) is 30.4 Å². The molecule has 3 N–H and O–H groups in total. The van der Waals surface area contributed by atoms with Crippen molar-refractivity contribution in [2.45, 2.75) is 13.0 Å². The Morgan fingerprint density at radius 2 is 2.00 bits per heavy atom. The van der Waals surface area contributed by atoms with Gasteiger partial charge in [-0.25, -0.2) is 0 Å². The van der Waals surface area contributed by atoms with E-state index < -0.39 is 6.04 Å². The first-order valence-corrected chi connectivity index (χ1v) is 6.03. The summed E-state index contributed by atoms with van der Waals surface area (Å²) in [6, 6.07) is 2.93. The third-order valence-corrected chi connectivity index (χ3v) is 2.96. The number of halogens is 1. The molecule has 92 valence electrons. The van der Waals surface area contributed by atoms with Crippen LogP contribution < -0.4 is 20.5 Å². The van der Waals surface area contributed by atoms with E-state index >= 15 is 0 Å². The molecule has 5 nitrogen and oxygen atoms in total. The molecule has 1 unspecified atom stereocenters. The predicted octanol–water partition coefficient (Wildman–Crippen LogP) is 1.51. The maximum Gasteiger partial charge on any atom is 0.241 e. The summed E-state index contributed by atoms with van der Waals surface area (Å²) < 4.78 is 11.6. The standard InChI is InChI=1S/C11H13BrN2O3/c1-6(13)11(15)14-8-5-10-9(4-7(8)12)16-2-3-17-10/h4-6H,2-3,13H2,1H3,(H,14,15). The first-order valence-electron chi connectivity index (χ1n) is 5.23. The van der Waals surface area contributed by atoms with Gasteiger partial charge in [-0.1, -0.05) is 0 Å². The lowest BCUT2D eigenvalue weighted by Gasteiger charge is -2.20. The van der Waals surface area contributed by atoms with Crippen molar-refractivity contribution >= 4 is 27.5 Å². The lowest BCUT2D eigenvalue weighted by molar-refractivity contribution is -0.117. The van der Waals surface area contributed by atoms with E-state index in [1.165, 1.54) is 0 Å². The van der Waals surface area contributed by atoms with E-state index in [0.717, 1.165) is 4.47 Å². The molecule has 1 aromatic rings. The van der Waals surface area contributed by atoms with Crippen LogP contribution in [0.2, 0.25) is 0 Å². The minimum absolute atomic E-state index is 0.248. The Balaban J connectivity index is 2.26. The molecule has 1 atom stereocenters. The lowest BCUT2D eigenvalue weighted by atomic mass is 10.2. The molecule has 0 radical (unpaired) electrons. The summed E-state index contributed by atoms with van der Waals surface area (Å²) in [5.74, 6) is 1.05. The minimum Gasteiger partial charge on any atom is -0.486 e. The minimum atomic E-state index is -0.560. The van der Waals surface area contributed by atoms with Gasteiger partial charge in [-0.2, -0.15) is 0 Å². The second kappa shape index (κ2) is 4.93. The molecule has 0 fully saturated rings. The molecule has 0 saturated heterocycles. The number of rotatable bonds is 2. The van der Waals surface area contributed by atoms with E-state index in [1.54, 1.807) is 19.1 Å². The van der Waals surface area contributed by atoms with Crippen LogP contribution in [0.4, 0.5) is 5.69 Å². The summed E-state index contributed by atoms with van der Waals surface area (Å²) in [6.45, 7) is 2.67. The Labute approximate surface area is 107 Å². The van der Waals surface area contributed by atoms with Gasteiger partial charge in [0, 0.05) is 16.6 Å². The summed E-state index contributed by atoms with van der Waals surface area (Å²) >= 11 is 3.36. The number of anilines is 1. The molecule has 0 bridgehead atoms. The van der Waals surface area contributed by atoms with Gasteiger partial charge in [-0.3, -0.25) is 4.79 Å². The second-order valence-corrected chi connectivity index (χ2v) is 4.61. The van der Waals surface area contributed by atoms with Crippen molar-refractivity contribution in [3.8, 4) is 11.5 Å². The highest BCUT2D eigenvalue weighted by molar-refractivity contribution is 9.10. The molecule has 0 saturated carbocycles. The van der Waals surface area contributed by atoms with Crippen LogP contribution in [0.1, 0.15) is 6.92 Å². The van der Waals surface area contributed by atoms with Crippen LogP contribution in [-0.4, -0.2) is 25.2 Å². The van der Waals surface area contributed by atoms with E-state index in [4.69, 9.17) is 15.2 Å². The highest BCUT2D eigenvalue weighted by Gasteiger charge is 2.17. The van der Waals surface area contributed by atoms with Crippen LogP contribution in [0.25, 0.3) is 0 Å². The molecule has 0 spiro atoms. The first-order chi connectivity index (χ1) is 8.08. The zero-order chi connectivity index (χ0) is 12.4. The van der Waals surface area contributed by atoms with Crippen molar-refractivity contribution in [2.24, 2.45) is 5.73 Å². The molecule has 6 heteroatoms. The Hall–Kier alpha value is -1.27. The highest BCUT2D eigenvalue weighted by Crippen LogP contribution is 2.38. The largest absolute Gasteiger partial charge is 0.486 e. The monoisotopic (exact) mass is 300 g/mol. The number of benzene rings is 1. The van der Waals surface area contributed by atoms with Crippen LogP contribution >= 0.6 is 15.9 Å². The Morgan fingerprint density at radius 1 is 1.41 bits per heavy atom. The Morgan fingerprint density at radius 3 is 2.59 bits per heavy atom. The van der Waals surface area contributed by atoms with Gasteiger partial charge in [-0.05, 0) is 22.9 Å². The second-order valence-electron chi connectivity index (χ2n) is 3.75. The van der Waals surface area contributed by atoms with Gasteiger partial charge in [0.15, 0.2) is 11.5 Å². The number of hydrogen-bond donors (Lipinski definition) is 2. The van der Waals surface area contributed by atoms with E-state index in [2.05, 4.69) is 21.2 Å². The Kier molecular flexibility index (Phi) is 3.54. The van der Waals surface area contributed by atoms with E-state index in [-0.39, 0.29) is 5.91 Å². The summed E-state index contributed by atoms with van der Waals surface area (Å²) in [5, 5.41) is 2.71. The topological polar surface area (TPSA) is 73.6 Å². The number of fused-ring (bicyclic) bond motifs is 1. The molecule has 2 rings (SSSR count). The van der Waals surface area contributed by atoms with Crippen molar-refractivity contribution < 1.29 is 14.3 Å². The van der Waals surface area contributed by atoms with E-state index in [9.17, 15) is 4.79 Å². The van der Waals surface area contributed by atoms with Gasteiger partial charge in [0.1, 0.15) is 13.2 Å². The van der Waals surface area contributed by atoms with Gasteiger partial charge >= 0.3 is 0 Å². The van der Waals surface area contributed by atoms with Crippen LogP contribution in [0.15, 0.2) is 16.6 Å². The highest BCUT2D eigenvalue weighted by atomic mass is 79.9. The maximum absolute atomic E-state index is 11.5. The first kappa shape index (κ1) is 12.2. The summed E-state index contributed by atoms with van der Waals surface area (Å²) in [7, 11) is 0. The van der Waals surface area contributed by atoms with Crippen molar-refractivity contribution in [1.82, 2.24) is 0 Å².